The van der Waals surface area contributed by atoms with Crippen molar-refractivity contribution in [2.75, 3.05) is 13.1 Å². The van der Waals surface area contributed by atoms with Crippen molar-refractivity contribution >= 4 is 21.4 Å². The number of hydrogen-bond donors (Lipinski definition) is 0. The van der Waals surface area contributed by atoms with E-state index in [0.29, 0.717) is 34.9 Å². The van der Waals surface area contributed by atoms with Crippen LogP contribution < -0.4 is 0 Å². The fourth-order valence-corrected chi connectivity index (χ4v) is 5.20. The Morgan fingerprint density at radius 2 is 1.85 bits per heavy atom. The SMILES string of the molecule is Cc1nc2ccccn2c1C(=O)N1CCC(S(=O)(=O)c2ccccc2)C1. The van der Waals surface area contributed by atoms with Crippen molar-refractivity contribution in [3.8, 4) is 0 Å². The first-order valence-electron chi connectivity index (χ1n) is 8.50. The van der Waals surface area contributed by atoms with E-state index in [-0.39, 0.29) is 12.5 Å². The first kappa shape index (κ1) is 16.8. The van der Waals surface area contributed by atoms with E-state index in [1.165, 1.54) is 0 Å². The number of rotatable bonds is 3. The van der Waals surface area contributed by atoms with Crippen LogP contribution in [-0.2, 0) is 9.84 Å². The first-order chi connectivity index (χ1) is 12.5. The molecule has 2 aromatic heterocycles. The number of aryl methyl sites for hydroxylation is 1. The van der Waals surface area contributed by atoms with Crippen LogP contribution in [0.15, 0.2) is 59.6 Å². The molecular weight excluding hydrogens is 350 g/mol. The minimum absolute atomic E-state index is 0.174. The number of benzene rings is 1. The minimum atomic E-state index is -3.44. The number of carbonyl (C=O) groups is 1. The summed E-state index contributed by atoms with van der Waals surface area (Å²) in [6, 6.07) is 14.0. The van der Waals surface area contributed by atoms with Crippen molar-refractivity contribution in [1.82, 2.24) is 14.3 Å². The topological polar surface area (TPSA) is 71.8 Å². The molecule has 0 bridgehead atoms. The molecule has 1 atom stereocenters. The number of fused-ring (bicyclic) bond motifs is 1. The van der Waals surface area contributed by atoms with Crippen LogP contribution in [0.5, 0.6) is 0 Å². The van der Waals surface area contributed by atoms with Gasteiger partial charge in [-0.1, -0.05) is 24.3 Å². The fourth-order valence-electron chi connectivity index (χ4n) is 3.49. The highest BCUT2D eigenvalue weighted by molar-refractivity contribution is 7.92. The molecule has 1 unspecified atom stereocenters. The van der Waals surface area contributed by atoms with Gasteiger partial charge in [0.15, 0.2) is 9.84 Å². The lowest BCUT2D eigenvalue weighted by Gasteiger charge is -2.17. The van der Waals surface area contributed by atoms with E-state index in [1.54, 1.807) is 52.8 Å². The number of aromatic nitrogens is 2. The van der Waals surface area contributed by atoms with Crippen molar-refractivity contribution in [1.29, 1.82) is 0 Å². The Labute approximate surface area is 152 Å². The van der Waals surface area contributed by atoms with E-state index in [2.05, 4.69) is 4.98 Å². The molecule has 0 N–H and O–H groups in total. The van der Waals surface area contributed by atoms with Gasteiger partial charge in [0.1, 0.15) is 11.3 Å². The number of imidazole rings is 1. The average molecular weight is 369 g/mol. The summed E-state index contributed by atoms with van der Waals surface area (Å²) in [5, 5.41) is -0.576. The largest absolute Gasteiger partial charge is 0.336 e. The molecule has 4 rings (SSSR count). The van der Waals surface area contributed by atoms with E-state index in [0.717, 1.165) is 0 Å². The molecule has 1 saturated heterocycles. The maximum atomic E-state index is 13.0. The van der Waals surface area contributed by atoms with Crippen LogP contribution in [-0.4, -0.2) is 46.9 Å². The molecule has 3 aromatic rings. The lowest BCUT2D eigenvalue weighted by molar-refractivity contribution is 0.0785. The summed E-state index contributed by atoms with van der Waals surface area (Å²) in [5.41, 5.74) is 1.86. The average Bonchev–Trinajstić information content (AvgIpc) is 3.26. The number of sulfone groups is 1. The summed E-state index contributed by atoms with van der Waals surface area (Å²) in [6.45, 7) is 2.43. The summed E-state index contributed by atoms with van der Waals surface area (Å²) in [7, 11) is -3.44. The molecule has 1 fully saturated rings. The predicted molar refractivity (Wildman–Crippen MR) is 97.9 cm³/mol. The Hall–Kier alpha value is -2.67. The molecule has 26 heavy (non-hydrogen) atoms. The number of likely N-dealkylation sites (tertiary alicyclic amines) is 1. The van der Waals surface area contributed by atoms with E-state index in [1.807, 2.05) is 18.2 Å². The van der Waals surface area contributed by atoms with Gasteiger partial charge in [0, 0.05) is 19.3 Å². The molecule has 1 aliphatic heterocycles. The molecule has 134 valence electrons. The van der Waals surface area contributed by atoms with E-state index < -0.39 is 15.1 Å². The van der Waals surface area contributed by atoms with Gasteiger partial charge >= 0.3 is 0 Å². The Morgan fingerprint density at radius 3 is 2.62 bits per heavy atom. The molecule has 0 aliphatic carbocycles. The third-order valence-electron chi connectivity index (χ3n) is 4.85. The molecule has 0 saturated carbocycles. The third kappa shape index (κ3) is 2.68. The predicted octanol–water partition coefficient (Wildman–Crippen LogP) is 2.33. The van der Waals surface area contributed by atoms with Gasteiger partial charge in [-0.25, -0.2) is 13.4 Å². The molecule has 7 heteroatoms. The Balaban J connectivity index is 1.61. The smallest absolute Gasteiger partial charge is 0.272 e. The second-order valence-electron chi connectivity index (χ2n) is 6.49. The zero-order valence-electron chi connectivity index (χ0n) is 14.4. The van der Waals surface area contributed by atoms with Gasteiger partial charge in [0.05, 0.1) is 15.8 Å². The minimum Gasteiger partial charge on any atom is -0.336 e. The van der Waals surface area contributed by atoms with Crippen molar-refractivity contribution < 1.29 is 13.2 Å². The first-order valence-corrected chi connectivity index (χ1v) is 10.0. The Bertz CT molecular complexity index is 1070. The second kappa shape index (κ2) is 6.25. The third-order valence-corrected chi connectivity index (χ3v) is 7.04. The standard InChI is InChI=1S/C19H19N3O3S/c1-14-18(22-11-6-5-9-17(22)20-14)19(23)21-12-10-16(13-21)26(24,25)15-7-3-2-4-8-15/h2-9,11,16H,10,12-13H2,1H3. The molecule has 0 radical (unpaired) electrons. The summed E-state index contributed by atoms with van der Waals surface area (Å²) in [6.07, 6.45) is 2.25. The van der Waals surface area contributed by atoms with Crippen molar-refractivity contribution in [2.45, 2.75) is 23.5 Å². The summed E-state index contributed by atoms with van der Waals surface area (Å²) < 4.78 is 27.4. The molecule has 1 aliphatic rings. The summed E-state index contributed by atoms with van der Waals surface area (Å²) in [4.78, 5) is 19.4. The van der Waals surface area contributed by atoms with Gasteiger partial charge < -0.3 is 4.90 Å². The van der Waals surface area contributed by atoms with Crippen LogP contribution in [0.1, 0.15) is 22.6 Å². The molecule has 6 nitrogen and oxygen atoms in total. The number of amides is 1. The molecular formula is C19H19N3O3S. The number of hydrogen-bond acceptors (Lipinski definition) is 4. The lowest BCUT2D eigenvalue weighted by Crippen LogP contribution is -2.33. The van der Waals surface area contributed by atoms with Crippen LogP contribution >= 0.6 is 0 Å². The highest BCUT2D eigenvalue weighted by Crippen LogP contribution is 2.25. The quantitative estimate of drug-likeness (QED) is 0.710. The molecule has 3 heterocycles. The number of carbonyl (C=O) groups excluding carboxylic acids is 1. The number of pyridine rings is 1. The van der Waals surface area contributed by atoms with Gasteiger partial charge in [-0.2, -0.15) is 0 Å². The van der Waals surface area contributed by atoms with Gasteiger partial charge in [-0.05, 0) is 37.6 Å². The normalized spacial score (nSPS) is 17.7. The van der Waals surface area contributed by atoms with Crippen molar-refractivity contribution in [3.05, 3.63) is 66.1 Å². The maximum Gasteiger partial charge on any atom is 0.272 e. The van der Waals surface area contributed by atoms with Gasteiger partial charge in [0.2, 0.25) is 0 Å². The maximum absolute atomic E-state index is 13.0. The molecule has 1 amide bonds. The van der Waals surface area contributed by atoms with Crippen LogP contribution in [0.25, 0.3) is 5.65 Å². The van der Waals surface area contributed by atoms with E-state index in [4.69, 9.17) is 0 Å². The summed E-state index contributed by atoms with van der Waals surface area (Å²) >= 11 is 0. The highest BCUT2D eigenvalue weighted by atomic mass is 32.2. The molecule has 1 aromatic carbocycles. The van der Waals surface area contributed by atoms with Crippen molar-refractivity contribution in [3.63, 3.8) is 0 Å². The van der Waals surface area contributed by atoms with Crippen LogP contribution in [0.2, 0.25) is 0 Å². The zero-order chi connectivity index (χ0) is 18.3. The fraction of sp³-hybridized carbons (Fsp3) is 0.263. The van der Waals surface area contributed by atoms with Crippen LogP contribution in [0.4, 0.5) is 0 Å². The van der Waals surface area contributed by atoms with Gasteiger partial charge in [0.25, 0.3) is 5.91 Å². The van der Waals surface area contributed by atoms with E-state index in [9.17, 15) is 13.2 Å². The Morgan fingerprint density at radius 1 is 1.12 bits per heavy atom. The van der Waals surface area contributed by atoms with Crippen LogP contribution in [0, 0.1) is 6.92 Å². The number of nitrogens with zero attached hydrogens (tertiary/aromatic N) is 3. The molecule has 0 spiro atoms. The Kier molecular flexibility index (Phi) is 4.03. The summed E-state index contributed by atoms with van der Waals surface area (Å²) in [5.74, 6) is -0.174. The highest BCUT2D eigenvalue weighted by Gasteiger charge is 2.37. The van der Waals surface area contributed by atoms with E-state index >= 15 is 0 Å². The second-order valence-corrected chi connectivity index (χ2v) is 8.72. The van der Waals surface area contributed by atoms with Gasteiger partial charge in [-0.3, -0.25) is 9.20 Å². The monoisotopic (exact) mass is 369 g/mol. The van der Waals surface area contributed by atoms with Crippen molar-refractivity contribution in [2.24, 2.45) is 0 Å². The lowest BCUT2D eigenvalue weighted by atomic mass is 10.3. The van der Waals surface area contributed by atoms with Gasteiger partial charge in [-0.15, -0.1) is 0 Å². The van der Waals surface area contributed by atoms with Crippen LogP contribution in [0.3, 0.4) is 0 Å². The zero-order valence-corrected chi connectivity index (χ0v) is 15.2.